The molecule has 2 aromatic carbocycles. The van der Waals surface area contributed by atoms with Crippen LogP contribution < -0.4 is 10.3 Å². The van der Waals surface area contributed by atoms with E-state index < -0.39 is 5.41 Å². The summed E-state index contributed by atoms with van der Waals surface area (Å²) in [6.45, 7) is 7.65. The van der Waals surface area contributed by atoms with E-state index in [-0.39, 0.29) is 17.1 Å². The number of fused-ring (bicyclic) bond motifs is 3. The maximum absolute atomic E-state index is 13.5. The molecule has 8 heteroatoms. The Balaban J connectivity index is 2.00. The molecule has 0 bridgehead atoms. The van der Waals surface area contributed by atoms with Crippen molar-refractivity contribution >= 4 is 34.2 Å². The average Bonchev–Trinajstić information content (AvgIpc) is 3.15. The normalized spacial score (nSPS) is 11.9. The number of carbonyl (C=O) groups excluding carboxylic acids is 1. The van der Waals surface area contributed by atoms with Gasteiger partial charge in [-0.2, -0.15) is 0 Å². The van der Waals surface area contributed by atoms with Gasteiger partial charge in [-0.3, -0.25) is 14.0 Å². The molecule has 0 radical (unpaired) electrons. The SMILES string of the molecule is COc1ccc(C)cc1-n1c(=O)c2ccccc2n2c(SCC(=O)C(C)(C)C)nnc12. The lowest BCUT2D eigenvalue weighted by Gasteiger charge is -2.16. The fourth-order valence-corrected chi connectivity index (χ4v) is 4.41. The molecule has 7 nitrogen and oxygen atoms in total. The predicted octanol–water partition coefficient (Wildman–Crippen LogP) is 4.06. The molecule has 0 amide bonds. The molecule has 0 atom stereocenters. The number of Topliss-reactive ketones (excluding diaryl/α,β-unsaturated/α-hetero) is 1. The molecular formula is C23H24N4O3S. The summed E-state index contributed by atoms with van der Waals surface area (Å²) in [5.74, 6) is 1.32. The monoisotopic (exact) mass is 436 g/mol. The Bertz CT molecular complexity index is 1370. The molecule has 4 aromatic rings. The Kier molecular flexibility index (Phi) is 5.35. The van der Waals surface area contributed by atoms with Gasteiger partial charge in [0, 0.05) is 5.41 Å². The van der Waals surface area contributed by atoms with Gasteiger partial charge in [0.15, 0.2) is 5.16 Å². The van der Waals surface area contributed by atoms with Crippen molar-refractivity contribution in [3.63, 3.8) is 0 Å². The molecule has 0 unspecified atom stereocenters. The van der Waals surface area contributed by atoms with Crippen molar-refractivity contribution < 1.29 is 9.53 Å². The van der Waals surface area contributed by atoms with E-state index in [1.54, 1.807) is 13.2 Å². The van der Waals surface area contributed by atoms with Crippen molar-refractivity contribution in [3.8, 4) is 11.4 Å². The standard InChI is InChI=1S/C23H24N4O3S/c1-14-10-11-18(30-5)17(12-14)26-20(29)15-8-6-7-9-16(15)27-21(26)24-25-22(27)31-13-19(28)23(2,3)4/h6-12H,13H2,1-5H3. The third kappa shape index (κ3) is 3.72. The van der Waals surface area contributed by atoms with E-state index in [0.717, 1.165) is 5.56 Å². The number of thioether (sulfide) groups is 1. The Morgan fingerprint density at radius 3 is 2.58 bits per heavy atom. The highest BCUT2D eigenvalue weighted by Crippen LogP contribution is 2.28. The topological polar surface area (TPSA) is 78.5 Å². The molecule has 0 aliphatic heterocycles. The number of aryl methyl sites for hydroxylation is 1. The Hall–Kier alpha value is -3.13. The summed E-state index contributed by atoms with van der Waals surface area (Å²) in [5.41, 5.74) is 1.63. The highest BCUT2D eigenvalue weighted by atomic mass is 32.2. The van der Waals surface area contributed by atoms with Crippen LogP contribution in [0.1, 0.15) is 26.3 Å². The third-order valence-corrected chi connectivity index (χ3v) is 6.07. The molecule has 0 aliphatic rings. The zero-order chi connectivity index (χ0) is 22.3. The summed E-state index contributed by atoms with van der Waals surface area (Å²) in [5, 5.41) is 9.76. The molecule has 31 heavy (non-hydrogen) atoms. The second-order valence-electron chi connectivity index (χ2n) is 8.41. The maximum Gasteiger partial charge on any atom is 0.267 e. The van der Waals surface area contributed by atoms with Crippen molar-refractivity contribution in [1.82, 2.24) is 19.2 Å². The summed E-state index contributed by atoms with van der Waals surface area (Å²) in [6.07, 6.45) is 0. The van der Waals surface area contributed by atoms with E-state index in [0.29, 0.717) is 33.3 Å². The van der Waals surface area contributed by atoms with E-state index in [2.05, 4.69) is 10.2 Å². The highest BCUT2D eigenvalue weighted by molar-refractivity contribution is 7.99. The predicted molar refractivity (Wildman–Crippen MR) is 123 cm³/mol. The Morgan fingerprint density at radius 1 is 1.13 bits per heavy atom. The van der Waals surface area contributed by atoms with Gasteiger partial charge >= 0.3 is 0 Å². The summed E-state index contributed by atoms with van der Waals surface area (Å²) in [4.78, 5) is 26.0. The Labute approximate surface area is 184 Å². The van der Waals surface area contributed by atoms with E-state index in [1.165, 1.54) is 16.3 Å². The van der Waals surface area contributed by atoms with Gasteiger partial charge in [0.2, 0.25) is 5.78 Å². The van der Waals surface area contributed by atoms with Gasteiger partial charge in [-0.1, -0.05) is 50.7 Å². The number of ether oxygens (including phenoxy) is 1. The first kappa shape index (κ1) is 21.1. The van der Waals surface area contributed by atoms with Crippen LogP contribution in [0, 0.1) is 12.3 Å². The fourth-order valence-electron chi connectivity index (χ4n) is 3.31. The van der Waals surface area contributed by atoms with Crippen LogP contribution in [0.15, 0.2) is 52.4 Å². The van der Waals surface area contributed by atoms with Gasteiger partial charge in [0.05, 0.1) is 29.5 Å². The minimum atomic E-state index is -0.438. The van der Waals surface area contributed by atoms with E-state index in [4.69, 9.17) is 4.74 Å². The van der Waals surface area contributed by atoms with E-state index in [1.807, 2.05) is 68.5 Å². The average molecular weight is 437 g/mol. The summed E-state index contributed by atoms with van der Waals surface area (Å²) in [7, 11) is 1.57. The smallest absolute Gasteiger partial charge is 0.267 e. The molecule has 2 aromatic heterocycles. The zero-order valence-electron chi connectivity index (χ0n) is 18.2. The lowest BCUT2D eigenvalue weighted by atomic mass is 9.92. The number of aromatic nitrogens is 4. The zero-order valence-corrected chi connectivity index (χ0v) is 19.0. The van der Waals surface area contributed by atoms with Gasteiger partial charge in [0.25, 0.3) is 5.56 Å². The molecule has 0 fully saturated rings. The fraction of sp³-hybridized carbons (Fsp3) is 0.304. The number of rotatable bonds is 5. The molecule has 160 valence electrons. The van der Waals surface area contributed by atoms with Gasteiger partial charge in [0.1, 0.15) is 11.5 Å². The quantitative estimate of drug-likeness (QED) is 0.439. The van der Waals surface area contributed by atoms with Gasteiger partial charge in [-0.15, -0.1) is 10.2 Å². The number of nitrogens with zero attached hydrogens (tertiary/aromatic N) is 4. The molecule has 2 heterocycles. The number of para-hydroxylation sites is 1. The van der Waals surface area contributed by atoms with E-state index in [9.17, 15) is 9.59 Å². The van der Waals surface area contributed by atoms with Crippen LogP contribution in [0.3, 0.4) is 0 Å². The minimum absolute atomic E-state index is 0.118. The molecular weight excluding hydrogens is 412 g/mol. The van der Waals surface area contributed by atoms with Crippen molar-refractivity contribution in [1.29, 1.82) is 0 Å². The number of hydrogen-bond donors (Lipinski definition) is 0. The van der Waals surface area contributed by atoms with Crippen LogP contribution in [-0.4, -0.2) is 37.8 Å². The first-order chi connectivity index (χ1) is 14.7. The molecule has 0 aliphatic carbocycles. The Morgan fingerprint density at radius 2 is 1.87 bits per heavy atom. The summed E-state index contributed by atoms with van der Waals surface area (Å²) < 4.78 is 8.88. The van der Waals surface area contributed by atoms with Crippen molar-refractivity contribution in [2.24, 2.45) is 5.41 Å². The van der Waals surface area contributed by atoms with Crippen molar-refractivity contribution in [2.45, 2.75) is 32.9 Å². The van der Waals surface area contributed by atoms with Crippen LogP contribution in [-0.2, 0) is 4.79 Å². The van der Waals surface area contributed by atoms with Crippen LogP contribution in [0.2, 0.25) is 0 Å². The van der Waals surface area contributed by atoms with E-state index >= 15 is 0 Å². The first-order valence-electron chi connectivity index (χ1n) is 9.92. The highest BCUT2D eigenvalue weighted by Gasteiger charge is 2.24. The minimum Gasteiger partial charge on any atom is -0.495 e. The van der Waals surface area contributed by atoms with Crippen molar-refractivity contribution in [2.75, 3.05) is 12.9 Å². The largest absolute Gasteiger partial charge is 0.495 e. The summed E-state index contributed by atoms with van der Waals surface area (Å²) in [6, 6.07) is 13.0. The van der Waals surface area contributed by atoms with Crippen LogP contribution in [0.4, 0.5) is 0 Å². The second kappa shape index (κ2) is 7.85. The number of ketones is 1. The maximum atomic E-state index is 13.5. The van der Waals surface area contributed by atoms with Crippen molar-refractivity contribution in [3.05, 3.63) is 58.4 Å². The van der Waals surface area contributed by atoms with Gasteiger partial charge in [-0.05, 0) is 36.8 Å². The number of methoxy groups -OCH3 is 1. The molecule has 0 saturated heterocycles. The lowest BCUT2D eigenvalue weighted by Crippen LogP contribution is -2.23. The lowest BCUT2D eigenvalue weighted by molar-refractivity contribution is -0.123. The first-order valence-corrected chi connectivity index (χ1v) is 10.9. The molecule has 0 N–H and O–H groups in total. The van der Waals surface area contributed by atoms with Crippen LogP contribution in [0.5, 0.6) is 5.75 Å². The second-order valence-corrected chi connectivity index (χ2v) is 9.36. The molecule has 0 spiro atoms. The third-order valence-electron chi connectivity index (χ3n) is 5.14. The number of carbonyl (C=O) groups is 1. The van der Waals surface area contributed by atoms with Gasteiger partial charge < -0.3 is 4.74 Å². The van der Waals surface area contributed by atoms with Crippen LogP contribution >= 0.6 is 11.8 Å². The van der Waals surface area contributed by atoms with Gasteiger partial charge in [-0.25, -0.2) is 4.57 Å². The molecule has 0 saturated carbocycles. The van der Waals surface area contributed by atoms with Crippen LogP contribution in [0.25, 0.3) is 22.4 Å². The summed E-state index contributed by atoms with van der Waals surface area (Å²) >= 11 is 1.32. The number of benzene rings is 2. The number of hydrogen-bond acceptors (Lipinski definition) is 6. The molecule has 4 rings (SSSR count).